The van der Waals surface area contributed by atoms with E-state index in [0.29, 0.717) is 18.0 Å². The summed E-state index contributed by atoms with van der Waals surface area (Å²) in [5.41, 5.74) is 7.22. The lowest BCUT2D eigenvalue weighted by Crippen LogP contribution is -2.42. The summed E-state index contributed by atoms with van der Waals surface area (Å²) in [5.74, 6) is 0.166. The Labute approximate surface area is 127 Å². The highest BCUT2D eigenvalue weighted by atomic mass is 79.9. The molecule has 104 valence electrons. The van der Waals surface area contributed by atoms with Crippen LogP contribution in [0.25, 0.3) is 0 Å². The van der Waals surface area contributed by atoms with Crippen molar-refractivity contribution in [2.24, 2.45) is 5.73 Å². The van der Waals surface area contributed by atoms with Gasteiger partial charge in [0.25, 0.3) is 0 Å². The van der Waals surface area contributed by atoms with Crippen LogP contribution in [0.3, 0.4) is 0 Å². The number of carbonyl (C=O) groups excluding carboxylic acids is 1. The van der Waals surface area contributed by atoms with Crippen LogP contribution in [0.4, 0.5) is 0 Å². The van der Waals surface area contributed by atoms with Gasteiger partial charge in [-0.1, -0.05) is 33.6 Å². The standard InChI is InChI=1S/C14H18BrClN2O/c1-2-18-13(19)5-3-4-12(17)14(18)10-7-6-9(15)8-11(10)16/h6-8,12,14H,2-5,17H2,1H3. The van der Waals surface area contributed by atoms with E-state index in [1.54, 1.807) is 0 Å². The van der Waals surface area contributed by atoms with Crippen molar-refractivity contribution in [2.45, 2.75) is 38.3 Å². The van der Waals surface area contributed by atoms with Gasteiger partial charge in [0.05, 0.1) is 6.04 Å². The van der Waals surface area contributed by atoms with Crippen molar-refractivity contribution in [3.05, 3.63) is 33.3 Å². The lowest BCUT2D eigenvalue weighted by atomic mass is 9.96. The maximum atomic E-state index is 12.2. The summed E-state index contributed by atoms with van der Waals surface area (Å²) >= 11 is 9.73. The van der Waals surface area contributed by atoms with Gasteiger partial charge < -0.3 is 10.6 Å². The SMILES string of the molecule is CCN1C(=O)CCCC(N)C1c1ccc(Br)cc1Cl. The number of halogens is 2. The molecule has 0 saturated carbocycles. The Morgan fingerprint density at radius 1 is 1.53 bits per heavy atom. The average Bonchev–Trinajstić information content (AvgIpc) is 2.49. The van der Waals surface area contributed by atoms with Gasteiger partial charge in [-0.25, -0.2) is 0 Å². The first-order valence-corrected chi connectivity index (χ1v) is 7.71. The number of amides is 1. The van der Waals surface area contributed by atoms with E-state index in [0.717, 1.165) is 22.9 Å². The summed E-state index contributed by atoms with van der Waals surface area (Å²) in [6.45, 7) is 2.64. The average molecular weight is 346 g/mol. The zero-order valence-corrected chi connectivity index (χ0v) is 13.2. The van der Waals surface area contributed by atoms with E-state index >= 15 is 0 Å². The Morgan fingerprint density at radius 3 is 2.89 bits per heavy atom. The third kappa shape index (κ3) is 3.12. The number of carbonyl (C=O) groups is 1. The molecular formula is C14H18BrClN2O. The van der Waals surface area contributed by atoms with Crippen LogP contribution >= 0.6 is 27.5 Å². The highest BCUT2D eigenvalue weighted by molar-refractivity contribution is 9.10. The number of nitrogens with zero attached hydrogens (tertiary/aromatic N) is 1. The number of nitrogens with two attached hydrogens (primary N) is 1. The second kappa shape index (κ2) is 6.25. The number of likely N-dealkylation sites (N-methyl/N-ethyl adjacent to an activating group) is 1. The summed E-state index contributed by atoms with van der Waals surface area (Å²) in [7, 11) is 0. The van der Waals surface area contributed by atoms with Crippen molar-refractivity contribution in [2.75, 3.05) is 6.54 Å². The lowest BCUT2D eigenvalue weighted by Gasteiger charge is -2.33. The third-order valence-corrected chi connectivity index (χ3v) is 4.43. The van der Waals surface area contributed by atoms with Gasteiger partial charge in [-0.3, -0.25) is 4.79 Å². The van der Waals surface area contributed by atoms with Gasteiger partial charge in [0, 0.05) is 28.5 Å². The van der Waals surface area contributed by atoms with Crippen molar-refractivity contribution >= 4 is 33.4 Å². The summed E-state index contributed by atoms with van der Waals surface area (Å²) < 4.78 is 0.929. The normalized spacial score (nSPS) is 24.4. The zero-order chi connectivity index (χ0) is 14.0. The van der Waals surface area contributed by atoms with Crippen LogP contribution in [0, 0.1) is 0 Å². The summed E-state index contributed by atoms with van der Waals surface area (Å²) in [6, 6.07) is 5.56. The van der Waals surface area contributed by atoms with Crippen molar-refractivity contribution in [1.29, 1.82) is 0 Å². The van der Waals surface area contributed by atoms with Gasteiger partial charge in [-0.05, 0) is 37.5 Å². The molecule has 1 aromatic carbocycles. The smallest absolute Gasteiger partial charge is 0.223 e. The van der Waals surface area contributed by atoms with E-state index in [1.807, 2.05) is 30.0 Å². The number of hydrogen-bond donors (Lipinski definition) is 1. The minimum atomic E-state index is -0.124. The summed E-state index contributed by atoms with van der Waals surface area (Å²) in [6.07, 6.45) is 2.27. The molecule has 2 rings (SSSR count). The number of hydrogen-bond acceptors (Lipinski definition) is 2. The molecule has 19 heavy (non-hydrogen) atoms. The van der Waals surface area contributed by atoms with E-state index in [4.69, 9.17) is 17.3 Å². The predicted octanol–water partition coefficient (Wildman–Crippen LogP) is 3.50. The van der Waals surface area contributed by atoms with Crippen LogP contribution in [0.5, 0.6) is 0 Å². The topological polar surface area (TPSA) is 46.3 Å². The van der Waals surface area contributed by atoms with Crippen LogP contribution in [-0.2, 0) is 4.79 Å². The molecule has 0 spiro atoms. The minimum absolute atomic E-state index is 0.0647. The first-order chi connectivity index (χ1) is 9.04. The molecule has 1 aliphatic rings. The van der Waals surface area contributed by atoms with Crippen LogP contribution < -0.4 is 5.73 Å². The Balaban J connectivity index is 2.44. The van der Waals surface area contributed by atoms with Crippen molar-refractivity contribution in [1.82, 2.24) is 4.90 Å². The Kier molecular flexibility index (Phi) is 4.87. The first kappa shape index (κ1) is 14.8. The molecule has 1 amide bonds. The van der Waals surface area contributed by atoms with Crippen molar-refractivity contribution in [3.8, 4) is 0 Å². The molecule has 0 radical (unpaired) electrons. The lowest BCUT2D eigenvalue weighted by molar-refractivity contribution is -0.133. The largest absolute Gasteiger partial charge is 0.334 e. The molecule has 0 bridgehead atoms. The molecule has 2 atom stereocenters. The minimum Gasteiger partial charge on any atom is -0.334 e. The fourth-order valence-corrected chi connectivity index (χ4v) is 3.47. The van der Waals surface area contributed by atoms with Gasteiger partial charge in [0.15, 0.2) is 0 Å². The first-order valence-electron chi connectivity index (χ1n) is 6.54. The zero-order valence-electron chi connectivity index (χ0n) is 10.9. The molecule has 1 heterocycles. The van der Waals surface area contributed by atoms with Crippen LogP contribution in [0.15, 0.2) is 22.7 Å². The molecule has 5 heteroatoms. The molecule has 2 N–H and O–H groups in total. The predicted molar refractivity (Wildman–Crippen MR) is 81.1 cm³/mol. The Bertz CT molecular complexity index is 481. The number of likely N-dealkylation sites (tertiary alicyclic amines) is 1. The number of benzene rings is 1. The Morgan fingerprint density at radius 2 is 2.26 bits per heavy atom. The fourth-order valence-electron chi connectivity index (χ4n) is 2.69. The fraction of sp³-hybridized carbons (Fsp3) is 0.500. The van der Waals surface area contributed by atoms with E-state index in [9.17, 15) is 4.79 Å². The molecule has 1 aliphatic heterocycles. The van der Waals surface area contributed by atoms with Crippen LogP contribution in [0.1, 0.15) is 37.8 Å². The maximum Gasteiger partial charge on any atom is 0.223 e. The van der Waals surface area contributed by atoms with E-state index in [1.165, 1.54) is 0 Å². The second-order valence-corrected chi connectivity index (χ2v) is 6.17. The van der Waals surface area contributed by atoms with Gasteiger partial charge in [-0.15, -0.1) is 0 Å². The molecule has 1 saturated heterocycles. The molecular weight excluding hydrogens is 328 g/mol. The Hall–Kier alpha value is -0.580. The molecule has 1 fully saturated rings. The molecule has 3 nitrogen and oxygen atoms in total. The van der Waals surface area contributed by atoms with Crippen LogP contribution in [-0.4, -0.2) is 23.4 Å². The monoisotopic (exact) mass is 344 g/mol. The molecule has 1 aromatic rings. The molecule has 0 aromatic heterocycles. The number of rotatable bonds is 2. The van der Waals surface area contributed by atoms with Crippen LogP contribution in [0.2, 0.25) is 5.02 Å². The highest BCUT2D eigenvalue weighted by Gasteiger charge is 2.32. The molecule has 0 aliphatic carbocycles. The second-order valence-electron chi connectivity index (χ2n) is 4.85. The maximum absolute atomic E-state index is 12.2. The van der Waals surface area contributed by atoms with E-state index in [-0.39, 0.29) is 18.0 Å². The third-order valence-electron chi connectivity index (χ3n) is 3.61. The summed E-state index contributed by atoms with van der Waals surface area (Å²) in [5, 5.41) is 0.656. The van der Waals surface area contributed by atoms with Gasteiger partial charge in [0.1, 0.15) is 0 Å². The van der Waals surface area contributed by atoms with E-state index in [2.05, 4.69) is 15.9 Å². The van der Waals surface area contributed by atoms with Crippen molar-refractivity contribution in [3.63, 3.8) is 0 Å². The molecule has 2 unspecified atom stereocenters. The summed E-state index contributed by atoms with van der Waals surface area (Å²) in [4.78, 5) is 14.0. The van der Waals surface area contributed by atoms with E-state index < -0.39 is 0 Å². The van der Waals surface area contributed by atoms with Gasteiger partial charge in [0.2, 0.25) is 5.91 Å². The van der Waals surface area contributed by atoms with Gasteiger partial charge >= 0.3 is 0 Å². The van der Waals surface area contributed by atoms with Gasteiger partial charge in [-0.2, -0.15) is 0 Å². The quantitative estimate of drug-likeness (QED) is 0.891. The highest BCUT2D eigenvalue weighted by Crippen LogP contribution is 2.35. The van der Waals surface area contributed by atoms with Crippen molar-refractivity contribution < 1.29 is 4.79 Å².